The number of hydrogen-bond acceptors (Lipinski definition) is 5. The van der Waals surface area contributed by atoms with E-state index in [1.54, 1.807) is 18.2 Å². The summed E-state index contributed by atoms with van der Waals surface area (Å²) in [6.45, 7) is 1.23. The average molecular weight is 371 g/mol. The molecule has 3 aromatic rings. The summed E-state index contributed by atoms with van der Waals surface area (Å²) in [5.74, 6) is 0.532. The van der Waals surface area contributed by atoms with E-state index >= 15 is 0 Å². The number of nitrogens with zero attached hydrogens (tertiary/aromatic N) is 4. The third-order valence-electron chi connectivity index (χ3n) is 4.32. The number of aliphatic hydroxyl groups excluding tert-OH is 1. The first-order valence-corrected chi connectivity index (χ1v) is 8.66. The molecule has 0 aliphatic carbocycles. The number of anilines is 1. The third-order valence-corrected chi connectivity index (χ3v) is 4.58. The highest BCUT2D eigenvalue weighted by molar-refractivity contribution is 6.30. The fraction of sp³-hybridized carbons (Fsp3) is 0.211. The van der Waals surface area contributed by atoms with Crippen molar-refractivity contribution in [3.8, 4) is 22.6 Å². The van der Waals surface area contributed by atoms with Crippen LogP contribution in [0.1, 0.15) is 6.42 Å². The highest BCUT2D eigenvalue weighted by Crippen LogP contribution is 2.28. The van der Waals surface area contributed by atoms with E-state index in [4.69, 9.17) is 11.6 Å². The van der Waals surface area contributed by atoms with E-state index in [9.17, 15) is 9.50 Å². The number of β-amino-alcohol motifs (C(OH)–C–C–N with tert-alkyl or cyclic N) is 1. The second-order valence-electron chi connectivity index (χ2n) is 6.20. The number of aliphatic hydroxyl groups is 1. The Morgan fingerprint density at radius 2 is 1.88 bits per heavy atom. The average Bonchev–Trinajstić information content (AvgIpc) is 3.08. The topological polar surface area (TPSA) is 62.1 Å². The second-order valence-corrected chi connectivity index (χ2v) is 6.63. The van der Waals surface area contributed by atoms with Crippen molar-refractivity contribution in [1.29, 1.82) is 0 Å². The molecule has 1 fully saturated rings. The van der Waals surface area contributed by atoms with Gasteiger partial charge < -0.3 is 10.0 Å². The Morgan fingerprint density at radius 1 is 1.08 bits per heavy atom. The molecular weight excluding hydrogens is 355 g/mol. The Hall–Kier alpha value is -2.57. The van der Waals surface area contributed by atoms with E-state index < -0.39 is 5.95 Å². The van der Waals surface area contributed by atoms with Gasteiger partial charge in [-0.1, -0.05) is 23.7 Å². The summed E-state index contributed by atoms with van der Waals surface area (Å²) in [5.41, 5.74) is 2.14. The van der Waals surface area contributed by atoms with Crippen LogP contribution in [0.4, 0.5) is 10.2 Å². The highest BCUT2D eigenvalue weighted by atomic mass is 35.5. The van der Waals surface area contributed by atoms with Gasteiger partial charge in [-0.15, -0.1) is 0 Å². The first-order chi connectivity index (χ1) is 12.6. The molecule has 0 saturated carbocycles. The lowest BCUT2D eigenvalue weighted by atomic mass is 10.1. The molecule has 1 aliphatic rings. The molecule has 1 aromatic carbocycles. The normalized spacial score (nSPS) is 16.9. The third kappa shape index (κ3) is 3.52. The van der Waals surface area contributed by atoms with Crippen LogP contribution in [-0.4, -0.2) is 39.3 Å². The standard InChI is InChI=1S/C19H16ClFN4O/c20-14-3-1-12(2-4-14)16-10-18(25-8-6-15(26)11-25)24-19(23-16)13-5-7-22-17(21)9-13/h1-5,7,9-10,15,26H,6,8,11H2. The van der Waals surface area contributed by atoms with Crippen molar-refractivity contribution < 1.29 is 9.50 Å². The number of rotatable bonds is 3. The van der Waals surface area contributed by atoms with Gasteiger partial charge >= 0.3 is 0 Å². The fourth-order valence-electron chi connectivity index (χ4n) is 2.99. The summed E-state index contributed by atoms with van der Waals surface area (Å²) in [5, 5.41) is 10.5. The Balaban J connectivity index is 1.82. The van der Waals surface area contributed by atoms with Gasteiger partial charge in [-0.05, 0) is 24.6 Å². The lowest BCUT2D eigenvalue weighted by molar-refractivity contribution is 0.198. The number of pyridine rings is 1. The maximum atomic E-state index is 13.5. The first kappa shape index (κ1) is 16.9. The predicted molar refractivity (Wildman–Crippen MR) is 98.5 cm³/mol. The highest BCUT2D eigenvalue weighted by Gasteiger charge is 2.23. The zero-order valence-corrected chi connectivity index (χ0v) is 14.6. The van der Waals surface area contributed by atoms with Gasteiger partial charge in [0, 0.05) is 47.6 Å². The van der Waals surface area contributed by atoms with Crippen molar-refractivity contribution in [1.82, 2.24) is 15.0 Å². The summed E-state index contributed by atoms with van der Waals surface area (Å²) in [6.07, 6.45) is 1.72. The van der Waals surface area contributed by atoms with Crippen LogP contribution in [0.15, 0.2) is 48.7 Å². The Labute approximate surface area is 155 Å². The van der Waals surface area contributed by atoms with Crippen LogP contribution in [0.25, 0.3) is 22.6 Å². The second kappa shape index (κ2) is 6.97. The summed E-state index contributed by atoms with van der Waals surface area (Å²) < 4.78 is 13.5. The zero-order chi connectivity index (χ0) is 18.1. The van der Waals surface area contributed by atoms with Gasteiger partial charge in [-0.2, -0.15) is 4.39 Å². The molecule has 4 rings (SSSR count). The summed E-state index contributed by atoms with van der Waals surface area (Å²) >= 11 is 5.98. The smallest absolute Gasteiger partial charge is 0.213 e. The molecule has 0 spiro atoms. The van der Waals surface area contributed by atoms with Gasteiger partial charge in [0.15, 0.2) is 5.82 Å². The van der Waals surface area contributed by atoms with Crippen LogP contribution in [0.3, 0.4) is 0 Å². The van der Waals surface area contributed by atoms with Crippen molar-refractivity contribution >= 4 is 17.4 Å². The first-order valence-electron chi connectivity index (χ1n) is 8.28. The molecule has 3 heterocycles. The quantitative estimate of drug-likeness (QED) is 0.714. The summed E-state index contributed by atoms with van der Waals surface area (Å²) in [4.78, 5) is 14.8. The van der Waals surface area contributed by atoms with Gasteiger partial charge in [0.05, 0.1) is 11.8 Å². The van der Waals surface area contributed by atoms with Gasteiger partial charge in [-0.25, -0.2) is 15.0 Å². The molecule has 0 bridgehead atoms. The molecule has 1 atom stereocenters. The minimum absolute atomic E-state index is 0.370. The molecule has 1 unspecified atom stereocenters. The number of halogens is 2. The number of hydrogen-bond donors (Lipinski definition) is 1. The lowest BCUT2D eigenvalue weighted by Crippen LogP contribution is -2.22. The van der Waals surface area contributed by atoms with Crippen molar-refractivity contribution in [3.63, 3.8) is 0 Å². The van der Waals surface area contributed by atoms with E-state index in [1.807, 2.05) is 23.1 Å². The monoisotopic (exact) mass is 370 g/mol. The van der Waals surface area contributed by atoms with Gasteiger partial charge in [0.2, 0.25) is 5.95 Å². The molecule has 0 amide bonds. The summed E-state index contributed by atoms with van der Waals surface area (Å²) in [7, 11) is 0. The van der Waals surface area contributed by atoms with Crippen LogP contribution in [-0.2, 0) is 0 Å². The molecule has 0 radical (unpaired) electrons. The SMILES string of the molecule is OC1CCN(c2cc(-c3ccc(Cl)cc3)nc(-c3ccnc(F)c3)n2)C1. The molecule has 7 heteroatoms. The number of aromatic nitrogens is 3. The molecule has 1 N–H and O–H groups in total. The van der Waals surface area contributed by atoms with E-state index in [0.717, 1.165) is 5.56 Å². The van der Waals surface area contributed by atoms with Crippen LogP contribution in [0, 0.1) is 5.95 Å². The van der Waals surface area contributed by atoms with Crippen LogP contribution >= 0.6 is 11.6 Å². The molecule has 2 aromatic heterocycles. The van der Waals surface area contributed by atoms with Crippen molar-refractivity contribution in [2.45, 2.75) is 12.5 Å². The zero-order valence-electron chi connectivity index (χ0n) is 13.8. The van der Waals surface area contributed by atoms with Crippen LogP contribution in [0.2, 0.25) is 5.02 Å². The minimum atomic E-state index is -0.582. The fourth-order valence-corrected chi connectivity index (χ4v) is 3.11. The predicted octanol–water partition coefficient (Wildman–Crippen LogP) is 3.57. The largest absolute Gasteiger partial charge is 0.391 e. The summed E-state index contributed by atoms with van der Waals surface area (Å²) in [6, 6.07) is 12.2. The van der Waals surface area contributed by atoms with Crippen molar-refractivity contribution in [2.75, 3.05) is 18.0 Å². The van der Waals surface area contributed by atoms with Gasteiger partial charge in [-0.3, -0.25) is 0 Å². The van der Waals surface area contributed by atoms with Crippen LogP contribution in [0.5, 0.6) is 0 Å². The van der Waals surface area contributed by atoms with E-state index in [2.05, 4.69) is 15.0 Å². The van der Waals surface area contributed by atoms with Gasteiger partial charge in [0.1, 0.15) is 5.82 Å². The molecule has 132 valence electrons. The Bertz CT molecular complexity index is 935. The maximum Gasteiger partial charge on any atom is 0.213 e. The van der Waals surface area contributed by atoms with E-state index in [1.165, 1.54) is 12.3 Å². The molecule has 5 nitrogen and oxygen atoms in total. The van der Waals surface area contributed by atoms with E-state index in [0.29, 0.717) is 47.4 Å². The van der Waals surface area contributed by atoms with Crippen molar-refractivity contribution in [2.24, 2.45) is 0 Å². The number of benzene rings is 1. The molecule has 1 aliphatic heterocycles. The Kier molecular flexibility index (Phi) is 4.53. The molecular formula is C19H16ClFN4O. The maximum absolute atomic E-state index is 13.5. The van der Waals surface area contributed by atoms with Crippen molar-refractivity contribution in [3.05, 3.63) is 59.6 Å². The lowest BCUT2D eigenvalue weighted by Gasteiger charge is -2.18. The van der Waals surface area contributed by atoms with E-state index in [-0.39, 0.29) is 6.10 Å². The molecule has 1 saturated heterocycles. The minimum Gasteiger partial charge on any atom is -0.391 e. The molecule has 26 heavy (non-hydrogen) atoms. The van der Waals surface area contributed by atoms with Gasteiger partial charge in [0.25, 0.3) is 0 Å². The Morgan fingerprint density at radius 3 is 2.58 bits per heavy atom. The van der Waals surface area contributed by atoms with Crippen LogP contribution < -0.4 is 4.90 Å².